The molecule has 134 valence electrons. The molecule has 0 radical (unpaired) electrons. The molecule has 1 fully saturated rings. The molecule has 0 bridgehead atoms. The van der Waals surface area contributed by atoms with E-state index in [1.54, 1.807) is 19.1 Å². The standard InChI is InChI=1S/C19H19N3O4/c1-19(12-11-14-5-3-2-4-6-14)17(23)21(18(24)20-19)13-15-7-9-16(10-8-15)22(25)26/h2-10H,11-13H2,1H3,(H,20,24). The molecule has 1 atom stereocenters. The Kier molecular flexibility index (Phi) is 4.71. The Morgan fingerprint density at radius 2 is 1.69 bits per heavy atom. The van der Waals surface area contributed by atoms with Crippen LogP contribution in [0.25, 0.3) is 0 Å². The van der Waals surface area contributed by atoms with Crippen LogP contribution < -0.4 is 5.32 Å². The molecule has 1 unspecified atom stereocenters. The van der Waals surface area contributed by atoms with Crippen LogP contribution in [0.1, 0.15) is 24.5 Å². The number of urea groups is 1. The van der Waals surface area contributed by atoms with Crippen molar-refractivity contribution in [2.45, 2.75) is 31.8 Å². The second kappa shape index (κ2) is 6.95. The number of imide groups is 1. The summed E-state index contributed by atoms with van der Waals surface area (Å²) >= 11 is 0. The summed E-state index contributed by atoms with van der Waals surface area (Å²) in [5.74, 6) is -0.281. The number of carbonyl (C=O) groups excluding carboxylic acids is 2. The normalized spacial score (nSPS) is 19.5. The van der Waals surface area contributed by atoms with Gasteiger partial charge in [-0.3, -0.25) is 19.8 Å². The number of benzene rings is 2. The molecular formula is C19H19N3O4. The van der Waals surface area contributed by atoms with Crippen LogP contribution in [-0.2, 0) is 17.8 Å². The van der Waals surface area contributed by atoms with Crippen LogP contribution in [0.4, 0.5) is 10.5 Å². The van der Waals surface area contributed by atoms with Crippen molar-refractivity contribution in [3.63, 3.8) is 0 Å². The van der Waals surface area contributed by atoms with Gasteiger partial charge in [-0.2, -0.15) is 0 Å². The summed E-state index contributed by atoms with van der Waals surface area (Å²) < 4.78 is 0. The van der Waals surface area contributed by atoms with E-state index in [-0.39, 0.29) is 18.1 Å². The monoisotopic (exact) mass is 353 g/mol. The third kappa shape index (κ3) is 3.56. The van der Waals surface area contributed by atoms with Gasteiger partial charge in [-0.25, -0.2) is 4.79 Å². The second-order valence-corrected chi connectivity index (χ2v) is 6.56. The number of hydrogen-bond donors (Lipinski definition) is 1. The van der Waals surface area contributed by atoms with Crippen molar-refractivity contribution >= 4 is 17.6 Å². The number of aryl methyl sites for hydroxylation is 1. The van der Waals surface area contributed by atoms with Gasteiger partial charge in [0.2, 0.25) is 0 Å². The second-order valence-electron chi connectivity index (χ2n) is 6.56. The van der Waals surface area contributed by atoms with Crippen LogP contribution in [-0.4, -0.2) is 27.3 Å². The van der Waals surface area contributed by atoms with Gasteiger partial charge < -0.3 is 5.32 Å². The first kappa shape index (κ1) is 17.6. The van der Waals surface area contributed by atoms with Crippen molar-refractivity contribution in [3.8, 4) is 0 Å². The van der Waals surface area contributed by atoms with Gasteiger partial charge in [-0.15, -0.1) is 0 Å². The number of nitro groups is 1. The first-order valence-corrected chi connectivity index (χ1v) is 8.30. The molecule has 7 nitrogen and oxygen atoms in total. The van der Waals surface area contributed by atoms with Crippen LogP contribution in [0.3, 0.4) is 0 Å². The summed E-state index contributed by atoms with van der Waals surface area (Å²) in [5.41, 5.74) is 0.780. The lowest BCUT2D eigenvalue weighted by molar-refractivity contribution is -0.384. The minimum absolute atomic E-state index is 0.0290. The first-order valence-electron chi connectivity index (χ1n) is 8.30. The van der Waals surface area contributed by atoms with Gasteiger partial charge in [0.1, 0.15) is 5.54 Å². The topological polar surface area (TPSA) is 92.6 Å². The molecule has 1 aliphatic heterocycles. The predicted molar refractivity (Wildman–Crippen MR) is 95.3 cm³/mol. The van der Waals surface area contributed by atoms with Crippen molar-refractivity contribution in [3.05, 3.63) is 75.8 Å². The van der Waals surface area contributed by atoms with Gasteiger partial charge in [0.05, 0.1) is 11.5 Å². The number of hydrogen-bond acceptors (Lipinski definition) is 4. The lowest BCUT2D eigenvalue weighted by Gasteiger charge is -2.21. The smallest absolute Gasteiger partial charge is 0.323 e. The van der Waals surface area contributed by atoms with E-state index in [4.69, 9.17) is 0 Å². The van der Waals surface area contributed by atoms with E-state index in [1.807, 2.05) is 30.3 Å². The number of nitrogens with one attached hydrogen (secondary N) is 1. The van der Waals surface area contributed by atoms with E-state index in [1.165, 1.54) is 12.1 Å². The number of nitro benzene ring substituents is 1. The Morgan fingerprint density at radius 3 is 2.31 bits per heavy atom. The predicted octanol–water partition coefficient (Wildman–Crippen LogP) is 3.04. The zero-order valence-corrected chi connectivity index (χ0v) is 14.3. The van der Waals surface area contributed by atoms with E-state index in [0.717, 1.165) is 10.5 Å². The van der Waals surface area contributed by atoms with Crippen LogP contribution in [0, 0.1) is 10.1 Å². The van der Waals surface area contributed by atoms with Crippen molar-refractivity contribution in [2.24, 2.45) is 0 Å². The fourth-order valence-electron chi connectivity index (χ4n) is 3.00. The Morgan fingerprint density at radius 1 is 1.04 bits per heavy atom. The quantitative estimate of drug-likeness (QED) is 0.491. The zero-order valence-electron chi connectivity index (χ0n) is 14.3. The Balaban J connectivity index is 1.68. The molecule has 2 aromatic rings. The van der Waals surface area contributed by atoms with Gasteiger partial charge in [-0.1, -0.05) is 42.5 Å². The Bertz CT molecular complexity index is 836. The van der Waals surface area contributed by atoms with E-state index in [0.29, 0.717) is 18.4 Å². The van der Waals surface area contributed by atoms with Gasteiger partial charge >= 0.3 is 6.03 Å². The average Bonchev–Trinajstić information content (AvgIpc) is 2.85. The summed E-state index contributed by atoms with van der Waals surface area (Å²) in [6.07, 6.45) is 1.17. The molecule has 7 heteroatoms. The minimum atomic E-state index is -0.951. The van der Waals surface area contributed by atoms with Crippen LogP contribution >= 0.6 is 0 Å². The van der Waals surface area contributed by atoms with Crippen LogP contribution in [0.2, 0.25) is 0 Å². The molecule has 0 aliphatic carbocycles. The van der Waals surface area contributed by atoms with Crippen molar-refractivity contribution < 1.29 is 14.5 Å². The average molecular weight is 353 g/mol. The summed E-state index contributed by atoms with van der Waals surface area (Å²) in [4.78, 5) is 36.4. The maximum atomic E-state index is 12.8. The van der Waals surface area contributed by atoms with Crippen LogP contribution in [0.15, 0.2) is 54.6 Å². The number of non-ortho nitro benzene ring substituents is 1. The molecule has 2 aromatic carbocycles. The minimum Gasteiger partial charge on any atom is -0.323 e. The van der Waals surface area contributed by atoms with Crippen molar-refractivity contribution in [1.29, 1.82) is 0 Å². The lowest BCUT2D eigenvalue weighted by Crippen LogP contribution is -2.44. The van der Waals surface area contributed by atoms with E-state index in [9.17, 15) is 19.7 Å². The van der Waals surface area contributed by atoms with Gasteiger partial charge in [0, 0.05) is 12.1 Å². The van der Waals surface area contributed by atoms with E-state index in [2.05, 4.69) is 5.32 Å². The highest BCUT2D eigenvalue weighted by molar-refractivity contribution is 6.06. The zero-order chi connectivity index (χ0) is 18.7. The molecule has 0 spiro atoms. The molecule has 26 heavy (non-hydrogen) atoms. The summed E-state index contributed by atoms with van der Waals surface area (Å²) in [6, 6.07) is 15.2. The van der Waals surface area contributed by atoms with Gasteiger partial charge in [0.25, 0.3) is 11.6 Å². The van der Waals surface area contributed by atoms with Crippen molar-refractivity contribution in [2.75, 3.05) is 0 Å². The highest BCUT2D eigenvalue weighted by Gasteiger charge is 2.47. The molecule has 1 aliphatic rings. The molecule has 1 heterocycles. The third-order valence-corrected chi connectivity index (χ3v) is 4.59. The summed E-state index contributed by atoms with van der Waals surface area (Å²) in [7, 11) is 0. The molecule has 3 amide bonds. The van der Waals surface area contributed by atoms with E-state index >= 15 is 0 Å². The van der Waals surface area contributed by atoms with Gasteiger partial charge in [0.15, 0.2) is 0 Å². The number of rotatable bonds is 6. The van der Waals surface area contributed by atoms with Crippen molar-refractivity contribution in [1.82, 2.24) is 10.2 Å². The molecule has 0 aromatic heterocycles. The van der Waals surface area contributed by atoms with Crippen LogP contribution in [0.5, 0.6) is 0 Å². The summed E-state index contributed by atoms with van der Waals surface area (Å²) in [5, 5.41) is 13.5. The maximum absolute atomic E-state index is 12.8. The highest BCUT2D eigenvalue weighted by Crippen LogP contribution is 2.25. The largest absolute Gasteiger partial charge is 0.325 e. The third-order valence-electron chi connectivity index (χ3n) is 4.59. The first-order chi connectivity index (χ1) is 12.4. The molecule has 1 N–H and O–H groups in total. The maximum Gasteiger partial charge on any atom is 0.325 e. The Hall–Kier alpha value is -3.22. The molecular weight excluding hydrogens is 334 g/mol. The molecule has 1 saturated heterocycles. The SMILES string of the molecule is CC1(CCc2ccccc2)NC(=O)N(Cc2ccc([N+](=O)[O-])cc2)C1=O. The fourth-order valence-corrected chi connectivity index (χ4v) is 3.00. The van der Waals surface area contributed by atoms with E-state index < -0.39 is 16.5 Å². The molecule has 3 rings (SSSR count). The fraction of sp³-hybridized carbons (Fsp3) is 0.263. The highest BCUT2D eigenvalue weighted by atomic mass is 16.6. The number of nitrogens with zero attached hydrogens (tertiary/aromatic N) is 2. The molecule has 0 saturated carbocycles. The summed E-state index contributed by atoms with van der Waals surface area (Å²) in [6.45, 7) is 1.82. The lowest BCUT2D eigenvalue weighted by atomic mass is 9.93. The number of carbonyl (C=O) groups is 2. The number of amides is 3. The Labute approximate surface area is 150 Å². The van der Waals surface area contributed by atoms with Gasteiger partial charge in [-0.05, 0) is 30.9 Å².